The Morgan fingerprint density at radius 2 is 1.35 bits per heavy atom. The van der Waals surface area contributed by atoms with Gasteiger partial charge in [-0.1, -0.05) is 47.0 Å². The molecule has 0 aliphatic carbocycles. The van der Waals surface area contributed by atoms with Crippen molar-refractivity contribution < 1.29 is 33.6 Å². The number of nitriles is 2. The van der Waals surface area contributed by atoms with Crippen LogP contribution < -0.4 is 9.47 Å². The van der Waals surface area contributed by atoms with Crippen molar-refractivity contribution in [3.8, 4) is 23.6 Å². The number of ether oxygens (including phenoxy) is 3. The van der Waals surface area contributed by atoms with E-state index in [-0.39, 0.29) is 24.5 Å². The molecule has 2 aliphatic rings. The number of carbonyl (C=O) groups is 2. The SMILES string of the molecule is C=C(Oc1c2c(c(OC(=O)N(C)C)c3c1S/C(=C(/C#N)COOCC)S3)S/C(=C(/C#N)C(=O)OCC)S2)N(C)C. The fourth-order valence-corrected chi connectivity index (χ4v) is 8.21. The number of thioether (sulfide) groups is 4. The smallest absolute Gasteiger partial charge is 0.414 e. The average Bonchev–Trinajstić information content (AvgIpc) is 3.54. The van der Waals surface area contributed by atoms with Crippen LogP contribution in [0.4, 0.5) is 4.79 Å². The Hall–Kier alpha value is -2.92. The van der Waals surface area contributed by atoms with Crippen molar-refractivity contribution in [2.24, 2.45) is 0 Å². The molecule has 0 saturated carbocycles. The van der Waals surface area contributed by atoms with Gasteiger partial charge in [0, 0.05) is 28.2 Å². The summed E-state index contributed by atoms with van der Waals surface area (Å²) in [7, 11) is 6.64. The second-order valence-corrected chi connectivity index (χ2v) is 12.7. The minimum atomic E-state index is -0.755. The Morgan fingerprint density at radius 3 is 1.80 bits per heavy atom. The number of amides is 1. The maximum Gasteiger partial charge on any atom is 0.414 e. The molecule has 3 rings (SSSR count). The molecule has 0 saturated heterocycles. The monoisotopic (exact) mass is 622 g/mol. The molecule has 0 N–H and O–H groups in total. The van der Waals surface area contributed by atoms with Gasteiger partial charge in [0.15, 0.2) is 23.0 Å². The number of esters is 1. The molecule has 0 fully saturated rings. The predicted molar refractivity (Wildman–Crippen MR) is 153 cm³/mol. The fourth-order valence-electron chi connectivity index (χ4n) is 2.90. The number of fused-ring (bicyclic) bond motifs is 2. The van der Waals surface area contributed by atoms with Gasteiger partial charge in [-0.05, 0) is 20.4 Å². The first-order chi connectivity index (χ1) is 19.1. The van der Waals surface area contributed by atoms with E-state index in [0.717, 1.165) is 23.5 Å². The van der Waals surface area contributed by atoms with E-state index < -0.39 is 12.1 Å². The van der Waals surface area contributed by atoms with Crippen molar-refractivity contribution in [1.82, 2.24) is 9.80 Å². The molecule has 212 valence electrons. The van der Waals surface area contributed by atoms with Crippen molar-refractivity contribution in [2.45, 2.75) is 33.4 Å². The molecule has 0 spiro atoms. The second-order valence-electron chi connectivity index (χ2n) is 8.08. The summed E-state index contributed by atoms with van der Waals surface area (Å²) in [6.45, 7) is 7.73. The molecule has 2 aliphatic heterocycles. The van der Waals surface area contributed by atoms with Crippen LogP contribution in [-0.2, 0) is 19.3 Å². The molecule has 40 heavy (non-hydrogen) atoms. The maximum atomic E-state index is 12.8. The van der Waals surface area contributed by atoms with Gasteiger partial charge in [0.2, 0.25) is 0 Å². The van der Waals surface area contributed by atoms with Crippen molar-refractivity contribution in [3.63, 3.8) is 0 Å². The lowest BCUT2D eigenvalue weighted by molar-refractivity contribution is -0.283. The third kappa shape index (κ3) is 6.86. The van der Waals surface area contributed by atoms with Gasteiger partial charge >= 0.3 is 12.1 Å². The van der Waals surface area contributed by atoms with Gasteiger partial charge in [-0.25, -0.2) is 19.4 Å². The van der Waals surface area contributed by atoms with Crippen LogP contribution >= 0.6 is 47.0 Å². The van der Waals surface area contributed by atoms with Gasteiger partial charge in [-0.3, -0.25) is 0 Å². The van der Waals surface area contributed by atoms with Crippen molar-refractivity contribution in [2.75, 3.05) is 48.0 Å². The maximum absolute atomic E-state index is 12.8. The summed E-state index contributed by atoms with van der Waals surface area (Å²) >= 11 is 4.71. The van der Waals surface area contributed by atoms with E-state index in [0.29, 0.717) is 51.9 Å². The molecule has 0 unspecified atom stereocenters. The van der Waals surface area contributed by atoms with Gasteiger partial charge < -0.3 is 24.0 Å². The highest BCUT2D eigenvalue weighted by molar-refractivity contribution is 8.26. The molecule has 1 amide bonds. The minimum absolute atomic E-state index is 0.0811. The lowest BCUT2D eigenvalue weighted by Crippen LogP contribution is -2.25. The van der Waals surface area contributed by atoms with Gasteiger partial charge in [0.1, 0.15) is 12.7 Å². The molecular weight excluding hydrogens is 597 g/mol. The zero-order valence-corrected chi connectivity index (χ0v) is 25.9. The van der Waals surface area contributed by atoms with Crippen LogP contribution in [0, 0.1) is 22.7 Å². The van der Waals surface area contributed by atoms with Crippen LogP contribution in [0.5, 0.6) is 11.5 Å². The third-order valence-corrected chi connectivity index (χ3v) is 10.1. The molecule has 0 radical (unpaired) electrons. The van der Waals surface area contributed by atoms with Crippen molar-refractivity contribution >= 4 is 59.1 Å². The number of hydrogen-bond acceptors (Lipinski definition) is 14. The van der Waals surface area contributed by atoms with Gasteiger partial charge in [0.05, 0.1) is 52.9 Å². The van der Waals surface area contributed by atoms with E-state index in [1.165, 1.54) is 28.4 Å². The van der Waals surface area contributed by atoms with Gasteiger partial charge in [0.25, 0.3) is 0 Å². The van der Waals surface area contributed by atoms with E-state index >= 15 is 0 Å². The molecule has 0 bridgehead atoms. The van der Waals surface area contributed by atoms with E-state index in [1.807, 2.05) is 6.07 Å². The highest BCUT2D eigenvalue weighted by Crippen LogP contribution is 2.68. The van der Waals surface area contributed by atoms with Crippen LogP contribution in [0.2, 0.25) is 0 Å². The van der Waals surface area contributed by atoms with Crippen molar-refractivity contribution in [3.05, 3.63) is 32.1 Å². The highest BCUT2D eigenvalue weighted by atomic mass is 32.2. The Kier molecular flexibility index (Phi) is 11.2. The van der Waals surface area contributed by atoms with Crippen LogP contribution in [0.1, 0.15) is 13.8 Å². The van der Waals surface area contributed by atoms with Crippen LogP contribution in [0.15, 0.2) is 51.7 Å². The summed E-state index contributed by atoms with van der Waals surface area (Å²) in [5.41, 5.74) is 0.147. The van der Waals surface area contributed by atoms with E-state index in [2.05, 4.69) is 12.6 Å². The number of carbonyl (C=O) groups excluding carboxylic acids is 2. The molecule has 0 aromatic heterocycles. The Bertz CT molecular complexity index is 1310. The number of rotatable bonds is 10. The zero-order valence-electron chi connectivity index (χ0n) is 22.6. The summed E-state index contributed by atoms with van der Waals surface area (Å²) in [5.74, 6) is 0.169. The van der Waals surface area contributed by atoms with Crippen LogP contribution in [0.25, 0.3) is 0 Å². The molecule has 1 aromatic carbocycles. The first kappa shape index (κ1) is 31.6. The largest absolute Gasteiger partial charge is 0.462 e. The van der Waals surface area contributed by atoms with Crippen LogP contribution in [0.3, 0.4) is 0 Å². The Balaban J connectivity index is 2.26. The minimum Gasteiger partial charge on any atom is -0.462 e. The van der Waals surface area contributed by atoms with E-state index in [9.17, 15) is 20.1 Å². The second kappa shape index (κ2) is 14.1. The van der Waals surface area contributed by atoms with Gasteiger partial charge in [-0.15, -0.1) is 0 Å². The molecular formula is C25H26N4O7S4. The topological polar surface area (TPSA) is 134 Å². The molecule has 1 aromatic rings. The third-order valence-electron chi connectivity index (χ3n) is 4.87. The predicted octanol–water partition coefficient (Wildman–Crippen LogP) is 5.56. The summed E-state index contributed by atoms with van der Waals surface area (Å²) < 4.78 is 18.1. The summed E-state index contributed by atoms with van der Waals surface area (Å²) in [5, 5.41) is 19.6. The zero-order chi connectivity index (χ0) is 29.6. The Labute approximate surface area is 249 Å². The quantitative estimate of drug-likeness (QED) is 0.0613. The summed E-state index contributed by atoms with van der Waals surface area (Å²) in [4.78, 5) is 40.5. The van der Waals surface area contributed by atoms with Crippen LogP contribution in [-0.4, -0.2) is 69.9 Å². The number of nitrogens with zero attached hydrogens (tertiary/aromatic N) is 4. The standard InChI is InChI=1S/C25H26N4O7S4/c1-8-32-22(30)15(11-27)24-39-19-16(35-13(3)28(4)5)18-20(17(21(19)40-24)36-25(31)29(6)7)38-23(37-18)14(10-26)12-34-33-9-2/h3,8-9,12H2,1-2,4-7H3/b23-14+,24-15-. The summed E-state index contributed by atoms with van der Waals surface area (Å²) in [6, 6.07) is 4.08. The summed E-state index contributed by atoms with van der Waals surface area (Å²) in [6.07, 6.45) is -0.632. The van der Waals surface area contributed by atoms with E-state index in [1.54, 1.807) is 46.9 Å². The molecule has 11 nitrogen and oxygen atoms in total. The molecule has 0 atom stereocenters. The first-order valence-corrected chi connectivity index (χ1v) is 14.9. The first-order valence-electron chi connectivity index (χ1n) is 11.6. The molecule has 15 heteroatoms. The highest BCUT2D eigenvalue weighted by Gasteiger charge is 2.40. The molecule has 2 heterocycles. The van der Waals surface area contributed by atoms with Gasteiger partial charge in [-0.2, -0.15) is 10.5 Å². The lowest BCUT2D eigenvalue weighted by Gasteiger charge is -2.21. The average molecular weight is 623 g/mol. The fraction of sp³-hybridized carbons (Fsp3) is 0.360. The normalized spacial score (nSPS) is 15.7. The lowest BCUT2D eigenvalue weighted by atomic mass is 10.3. The Morgan fingerprint density at radius 1 is 0.800 bits per heavy atom. The van der Waals surface area contributed by atoms with Crippen molar-refractivity contribution in [1.29, 1.82) is 10.5 Å². The number of benzene rings is 1. The number of hydrogen-bond donors (Lipinski definition) is 0. The van der Waals surface area contributed by atoms with E-state index in [4.69, 9.17) is 24.0 Å².